The van der Waals surface area contributed by atoms with E-state index in [0.717, 1.165) is 0 Å². The molecule has 0 atom stereocenters. The summed E-state index contributed by atoms with van der Waals surface area (Å²) >= 11 is 5.81. The van der Waals surface area contributed by atoms with Crippen LogP contribution < -0.4 is 16.2 Å². The fourth-order valence-corrected chi connectivity index (χ4v) is 1.20. The second kappa shape index (κ2) is 3.53. The number of anilines is 1. The van der Waals surface area contributed by atoms with Crippen molar-refractivity contribution in [2.45, 2.75) is 0 Å². The number of halogens is 1. The lowest BCUT2D eigenvalue weighted by Gasteiger charge is -2.08. The highest BCUT2D eigenvalue weighted by molar-refractivity contribution is 6.32. The predicted molar refractivity (Wildman–Crippen MR) is 53.4 cm³/mol. The zero-order chi connectivity index (χ0) is 10.0. The molecular formula is C8H10ClN3O. The van der Waals surface area contributed by atoms with E-state index in [9.17, 15) is 0 Å². The smallest absolute Gasteiger partial charge is 0.139 e. The average molecular weight is 200 g/mol. The average Bonchev–Trinajstić information content (AvgIpc) is 2.07. The Hall–Kier alpha value is -1.42. The Morgan fingerprint density at radius 3 is 2.62 bits per heavy atom. The van der Waals surface area contributed by atoms with E-state index in [-0.39, 0.29) is 5.84 Å². The van der Waals surface area contributed by atoms with Crippen molar-refractivity contribution in [1.29, 1.82) is 5.41 Å². The molecule has 1 aromatic carbocycles. The summed E-state index contributed by atoms with van der Waals surface area (Å²) in [7, 11) is 1.49. The van der Waals surface area contributed by atoms with Crippen LogP contribution >= 0.6 is 11.6 Å². The van der Waals surface area contributed by atoms with E-state index in [1.54, 1.807) is 6.07 Å². The highest BCUT2D eigenvalue weighted by atomic mass is 35.5. The molecule has 0 aliphatic carbocycles. The van der Waals surface area contributed by atoms with Crippen LogP contribution in [0.3, 0.4) is 0 Å². The molecule has 0 aromatic heterocycles. The number of ether oxygens (including phenoxy) is 1. The molecule has 0 unspecified atom stereocenters. The van der Waals surface area contributed by atoms with Crippen LogP contribution in [-0.2, 0) is 0 Å². The first-order valence-corrected chi connectivity index (χ1v) is 3.91. The van der Waals surface area contributed by atoms with E-state index in [2.05, 4.69) is 0 Å². The first-order valence-electron chi connectivity index (χ1n) is 3.53. The van der Waals surface area contributed by atoms with Gasteiger partial charge in [-0.15, -0.1) is 0 Å². The largest absolute Gasteiger partial charge is 0.495 e. The minimum Gasteiger partial charge on any atom is -0.495 e. The Morgan fingerprint density at radius 1 is 1.54 bits per heavy atom. The molecule has 5 heteroatoms. The molecule has 1 aromatic rings. The van der Waals surface area contributed by atoms with Crippen molar-refractivity contribution >= 4 is 23.1 Å². The van der Waals surface area contributed by atoms with Crippen LogP contribution in [0.2, 0.25) is 5.02 Å². The molecule has 5 N–H and O–H groups in total. The number of hydrogen-bond donors (Lipinski definition) is 3. The van der Waals surface area contributed by atoms with E-state index in [1.807, 2.05) is 0 Å². The van der Waals surface area contributed by atoms with Gasteiger partial charge in [-0.2, -0.15) is 0 Å². The van der Waals surface area contributed by atoms with Crippen molar-refractivity contribution in [3.05, 3.63) is 22.7 Å². The van der Waals surface area contributed by atoms with Crippen LogP contribution in [0, 0.1) is 5.41 Å². The summed E-state index contributed by atoms with van der Waals surface area (Å²) in [5.74, 6) is 0.367. The number of nitrogen functional groups attached to an aromatic ring is 2. The summed E-state index contributed by atoms with van der Waals surface area (Å²) < 4.78 is 4.94. The van der Waals surface area contributed by atoms with Gasteiger partial charge in [0.25, 0.3) is 0 Å². The van der Waals surface area contributed by atoms with Crippen LogP contribution in [-0.4, -0.2) is 12.9 Å². The van der Waals surface area contributed by atoms with Gasteiger partial charge in [-0.25, -0.2) is 0 Å². The SMILES string of the molecule is COc1cc(N)c(C(=N)N)cc1Cl. The van der Waals surface area contributed by atoms with Crippen LogP contribution in [0.1, 0.15) is 5.56 Å². The summed E-state index contributed by atoms with van der Waals surface area (Å²) in [6.45, 7) is 0. The third-order valence-corrected chi connectivity index (χ3v) is 1.91. The van der Waals surface area contributed by atoms with Crippen LogP contribution in [0.25, 0.3) is 0 Å². The van der Waals surface area contributed by atoms with Crippen LogP contribution in [0.4, 0.5) is 5.69 Å². The maximum atomic E-state index is 7.20. The molecule has 4 nitrogen and oxygen atoms in total. The van der Waals surface area contributed by atoms with Gasteiger partial charge < -0.3 is 16.2 Å². The third-order valence-electron chi connectivity index (χ3n) is 1.61. The van der Waals surface area contributed by atoms with Crippen LogP contribution in [0.15, 0.2) is 12.1 Å². The summed E-state index contributed by atoms with van der Waals surface area (Å²) in [6.07, 6.45) is 0. The molecule has 0 saturated carbocycles. The highest BCUT2D eigenvalue weighted by Crippen LogP contribution is 2.29. The molecule has 0 bridgehead atoms. The number of methoxy groups -OCH3 is 1. The number of hydrogen-bond acceptors (Lipinski definition) is 3. The van der Waals surface area contributed by atoms with Gasteiger partial charge in [0, 0.05) is 17.3 Å². The van der Waals surface area contributed by atoms with E-state index in [1.165, 1.54) is 13.2 Å². The van der Waals surface area contributed by atoms with E-state index < -0.39 is 0 Å². The van der Waals surface area contributed by atoms with Gasteiger partial charge in [0.2, 0.25) is 0 Å². The predicted octanol–water partition coefficient (Wildman–Crippen LogP) is 1.21. The van der Waals surface area contributed by atoms with Gasteiger partial charge in [0.05, 0.1) is 12.1 Å². The van der Waals surface area contributed by atoms with Gasteiger partial charge in [0.1, 0.15) is 11.6 Å². The standard InChI is InChI=1S/C8H10ClN3O/c1-13-7-3-6(10)4(8(11)12)2-5(7)9/h2-3H,10H2,1H3,(H3,11,12). The number of amidine groups is 1. The van der Waals surface area contributed by atoms with Crippen molar-refractivity contribution in [2.24, 2.45) is 5.73 Å². The van der Waals surface area contributed by atoms with Gasteiger partial charge >= 0.3 is 0 Å². The molecular weight excluding hydrogens is 190 g/mol. The van der Waals surface area contributed by atoms with Crippen molar-refractivity contribution in [1.82, 2.24) is 0 Å². The second-order valence-corrected chi connectivity index (χ2v) is 2.89. The normalized spacial score (nSPS) is 9.69. The Kier molecular flexibility index (Phi) is 2.63. The van der Waals surface area contributed by atoms with Gasteiger partial charge in [-0.05, 0) is 6.07 Å². The van der Waals surface area contributed by atoms with Crippen molar-refractivity contribution in [3.8, 4) is 5.75 Å². The van der Waals surface area contributed by atoms with Crippen molar-refractivity contribution in [3.63, 3.8) is 0 Å². The lowest BCUT2D eigenvalue weighted by Crippen LogP contribution is -2.13. The first-order chi connectivity index (χ1) is 6.06. The maximum Gasteiger partial charge on any atom is 0.139 e. The topological polar surface area (TPSA) is 85.1 Å². The summed E-state index contributed by atoms with van der Waals surface area (Å²) in [4.78, 5) is 0. The number of benzene rings is 1. The number of rotatable bonds is 2. The van der Waals surface area contributed by atoms with E-state index >= 15 is 0 Å². The molecule has 0 aliphatic heterocycles. The highest BCUT2D eigenvalue weighted by Gasteiger charge is 2.08. The Labute approximate surface area is 80.9 Å². The Balaban J connectivity index is 3.28. The maximum absolute atomic E-state index is 7.20. The molecule has 0 spiro atoms. The lowest BCUT2D eigenvalue weighted by molar-refractivity contribution is 0.415. The monoisotopic (exact) mass is 199 g/mol. The molecule has 13 heavy (non-hydrogen) atoms. The quantitative estimate of drug-likeness (QED) is 0.380. The fourth-order valence-electron chi connectivity index (χ4n) is 0.959. The second-order valence-electron chi connectivity index (χ2n) is 2.49. The zero-order valence-corrected chi connectivity index (χ0v) is 7.85. The lowest BCUT2D eigenvalue weighted by atomic mass is 10.1. The third kappa shape index (κ3) is 1.84. The molecule has 0 aliphatic rings. The molecule has 0 saturated heterocycles. The Bertz CT molecular complexity index is 351. The molecule has 0 fully saturated rings. The van der Waals surface area contributed by atoms with Crippen molar-refractivity contribution < 1.29 is 4.74 Å². The van der Waals surface area contributed by atoms with Gasteiger partial charge in [-0.1, -0.05) is 11.6 Å². The zero-order valence-electron chi connectivity index (χ0n) is 7.10. The van der Waals surface area contributed by atoms with E-state index in [0.29, 0.717) is 22.0 Å². The molecule has 0 radical (unpaired) electrons. The Morgan fingerprint density at radius 2 is 2.15 bits per heavy atom. The van der Waals surface area contributed by atoms with Crippen molar-refractivity contribution in [2.75, 3.05) is 12.8 Å². The van der Waals surface area contributed by atoms with Gasteiger partial charge in [0.15, 0.2) is 0 Å². The van der Waals surface area contributed by atoms with Gasteiger partial charge in [-0.3, -0.25) is 5.41 Å². The summed E-state index contributed by atoms with van der Waals surface area (Å²) in [5.41, 5.74) is 11.7. The number of nitrogens with one attached hydrogen (secondary N) is 1. The molecule has 0 amide bonds. The molecule has 70 valence electrons. The van der Waals surface area contributed by atoms with E-state index in [4.69, 9.17) is 33.2 Å². The first kappa shape index (κ1) is 9.67. The summed E-state index contributed by atoms with van der Waals surface area (Å²) in [5, 5.41) is 7.59. The summed E-state index contributed by atoms with van der Waals surface area (Å²) in [6, 6.07) is 3.05. The fraction of sp³-hybridized carbons (Fsp3) is 0.125. The minimum absolute atomic E-state index is 0.109. The molecule has 0 heterocycles. The molecule has 1 rings (SSSR count). The minimum atomic E-state index is -0.109. The number of nitrogens with two attached hydrogens (primary N) is 2. The van der Waals surface area contributed by atoms with Crippen LogP contribution in [0.5, 0.6) is 5.75 Å².